The normalized spacial score (nSPS) is 33.2. The second-order valence-corrected chi connectivity index (χ2v) is 7.84. The molecule has 0 bridgehead atoms. The molecule has 0 aromatic rings. The fraction of sp³-hybridized carbons (Fsp3) is 0.938. The third kappa shape index (κ3) is 4.22. The molecule has 2 N–H and O–H groups in total. The van der Waals surface area contributed by atoms with E-state index in [0.717, 1.165) is 50.9 Å². The fourth-order valence-corrected chi connectivity index (χ4v) is 4.80. The second-order valence-electron chi connectivity index (χ2n) is 6.74. The van der Waals surface area contributed by atoms with Gasteiger partial charge in [0.1, 0.15) is 5.78 Å². The maximum absolute atomic E-state index is 12.6. The maximum Gasteiger partial charge on any atom is 0.138 e. The Morgan fingerprint density at radius 3 is 2.90 bits per heavy atom. The van der Waals surface area contributed by atoms with Gasteiger partial charge < -0.3 is 10.5 Å². The first-order valence-corrected chi connectivity index (χ1v) is 9.19. The van der Waals surface area contributed by atoms with Gasteiger partial charge in [0.25, 0.3) is 0 Å². The van der Waals surface area contributed by atoms with Gasteiger partial charge in [-0.3, -0.25) is 4.79 Å². The van der Waals surface area contributed by atoms with Gasteiger partial charge in [-0.1, -0.05) is 13.3 Å². The Kier molecular flexibility index (Phi) is 5.94. The SMILES string of the molecule is CC(N)CCCC(C)C(=O)C1CCOC2(CCSC2)C1. The van der Waals surface area contributed by atoms with E-state index in [4.69, 9.17) is 10.5 Å². The molecule has 2 saturated heterocycles. The highest BCUT2D eigenvalue weighted by molar-refractivity contribution is 7.99. The first-order chi connectivity index (χ1) is 9.52. The maximum atomic E-state index is 12.6. The van der Waals surface area contributed by atoms with Crippen LogP contribution in [0.15, 0.2) is 0 Å². The van der Waals surface area contributed by atoms with E-state index in [-0.39, 0.29) is 23.5 Å². The molecule has 4 atom stereocenters. The van der Waals surface area contributed by atoms with Crippen LogP contribution in [0.25, 0.3) is 0 Å². The molecule has 1 spiro atoms. The number of thioether (sulfide) groups is 1. The zero-order chi connectivity index (χ0) is 14.6. The number of nitrogens with two attached hydrogens (primary N) is 1. The lowest BCUT2D eigenvalue weighted by Gasteiger charge is -2.38. The lowest BCUT2D eigenvalue weighted by molar-refractivity contribution is -0.137. The summed E-state index contributed by atoms with van der Waals surface area (Å²) in [5.41, 5.74) is 5.79. The van der Waals surface area contributed by atoms with Gasteiger partial charge in [0, 0.05) is 30.2 Å². The molecule has 0 radical (unpaired) electrons. The van der Waals surface area contributed by atoms with Crippen molar-refractivity contribution in [3.05, 3.63) is 0 Å². The minimum Gasteiger partial charge on any atom is -0.374 e. The van der Waals surface area contributed by atoms with E-state index in [2.05, 4.69) is 6.92 Å². The molecule has 2 aliphatic rings. The highest BCUT2D eigenvalue weighted by Gasteiger charge is 2.42. The lowest BCUT2D eigenvalue weighted by atomic mass is 9.79. The van der Waals surface area contributed by atoms with E-state index in [1.54, 1.807) is 0 Å². The molecule has 3 nitrogen and oxygen atoms in total. The molecule has 2 rings (SSSR count). The Morgan fingerprint density at radius 1 is 1.45 bits per heavy atom. The molecule has 0 aromatic heterocycles. The van der Waals surface area contributed by atoms with Crippen LogP contribution in [0.5, 0.6) is 0 Å². The van der Waals surface area contributed by atoms with Gasteiger partial charge in [-0.25, -0.2) is 0 Å². The Hall–Kier alpha value is -0.0600. The molecule has 2 heterocycles. The molecule has 4 heteroatoms. The second kappa shape index (κ2) is 7.28. The average Bonchev–Trinajstić information content (AvgIpc) is 2.85. The number of ketones is 1. The summed E-state index contributed by atoms with van der Waals surface area (Å²) in [6, 6.07) is 0.249. The van der Waals surface area contributed by atoms with Crippen LogP contribution in [-0.2, 0) is 9.53 Å². The number of ether oxygens (including phenoxy) is 1. The van der Waals surface area contributed by atoms with Crippen molar-refractivity contribution in [3.8, 4) is 0 Å². The monoisotopic (exact) mass is 299 g/mol. The average molecular weight is 299 g/mol. The smallest absolute Gasteiger partial charge is 0.138 e. The predicted octanol–water partition coefficient (Wildman–Crippen LogP) is 3.01. The topological polar surface area (TPSA) is 52.3 Å². The van der Waals surface area contributed by atoms with Crippen molar-refractivity contribution in [3.63, 3.8) is 0 Å². The largest absolute Gasteiger partial charge is 0.374 e. The van der Waals surface area contributed by atoms with Crippen molar-refractivity contribution in [2.45, 2.75) is 64.0 Å². The summed E-state index contributed by atoms with van der Waals surface area (Å²) in [6.45, 7) is 4.89. The van der Waals surface area contributed by atoms with Crippen LogP contribution < -0.4 is 5.73 Å². The molecule has 0 aromatic carbocycles. The van der Waals surface area contributed by atoms with Gasteiger partial charge in [-0.2, -0.15) is 11.8 Å². The van der Waals surface area contributed by atoms with Gasteiger partial charge in [0.05, 0.1) is 5.60 Å². The number of rotatable bonds is 6. The molecular formula is C16H29NO2S. The van der Waals surface area contributed by atoms with Crippen LogP contribution in [-0.4, -0.2) is 35.5 Å². The van der Waals surface area contributed by atoms with Gasteiger partial charge >= 0.3 is 0 Å². The minimum absolute atomic E-state index is 0.0226. The van der Waals surface area contributed by atoms with E-state index < -0.39 is 0 Å². The van der Waals surface area contributed by atoms with Crippen molar-refractivity contribution in [1.82, 2.24) is 0 Å². The highest BCUT2D eigenvalue weighted by atomic mass is 32.2. The molecular weight excluding hydrogens is 270 g/mol. The number of Topliss-reactive ketones (excluding diaryl/α,β-unsaturated/α-hetero) is 1. The van der Waals surface area contributed by atoms with Crippen LogP contribution in [0.4, 0.5) is 0 Å². The third-order valence-electron chi connectivity index (χ3n) is 4.74. The summed E-state index contributed by atoms with van der Waals surface area (Å²) in [7, 11) is 0. The molecule has 0 aliphatic carbocycles. The summed E-state index contributed by atoms with van der Waals surface area (Å²) in [5.74, 6) is 3.14. The molecule has 2 fully saturated rings. The number of carbonyl (C=O) groups excluding carboxylic acids is 1. The predicted molar refractivity (Wildman–Crippen MR) is 85.0 cm³/mol. The van der Waals surface area contributed by atoms with Gasteiger partial charge in [-0.05, 0) is 44.8 Å². The summed E-state index contributed by atoms with van der Waals surface area (Å²) >= 11 is 1.97. The van der Waals surface area contributed by atoms with Crippen LogP contribution in [0.3, 0.4) is 0 Å². The zero-order valence-electron chi connectivity index (χ0n) is 12.9. The van der Waals surface area contributed by atoms with E-state index >= 15 is 0 Å². The van der Waals surface area contributed by atoms with Crippen molar-refractivity contribution < 1.29 is 9.53 Å². The molecule has 0 saturated carbocycles. The molecule has 2 aliphatic heterocycles. The van der Waals surface area contributed by atoms with E-state index in [0.29, 0.717) is 5.78 Å². The van der Waals surface area contributed by atoms with Crippen molar-refractivity contribution in [2.75, 3.05) is 18.1 Å². The summed E-state index contributed by atoms with van der Waals surface area (Å²) in [6.07, 6.45) is 6.07. The summed E-state index contributed by atoms with van der Waals surface area (Å²) in [4.78, 5) is 12.6. The minimum atomic E-state index is 0.0226. The van der Waals surface area contributed by atoms with E-state index in [1.807, 2.05) is 18.7 Å². The first-order valence-electron chi connectivity index (χ1n) is 8.03. The van der Waals surface area contributed by atoms with Crippen molar-refractivity contribution >= 4 is 17.5 Å². The highest BCUT2D eigenvalue weighted by Crippen LogP contribution is 2.41. The number of hydrogen-bond acceptors (Lipinski definition) is 4. The Balaban J connectivity index is 1.81. The molecule has 20 heavy (non-hydrogen) atoms. The standard InChI is InChI=1S/C16H29NO2S/c1-12(4-3-5-13(2)17)15(18)14-6-8-19-16(10-14)7-9-20-11-16/h12-14H,3-11,17H2,1-2H3. The third-order valence-corrected chi connectivity index (χ3v) is 5.97. The number of hydrogen-bond donors (Lipinski definition) is 1. The lowest BCUT2D eigenvalue weighted by Crippen LogP contribution is -2.43. The summed E-state index contributed by atoms with van der Waals surface area (Å²) < 4.78 is 6.01. The molecule has 0 amide bonds. The van der Waals surface area contributed by atoms with Crippen LogP contribution in [0.2, 0.25) is 0 Å². The van der Waals surface area contributed by atoms with Crippen LogP contribution in [0.1, 0.15) is 52.4 Å². The van der Waals surface area contributed by atoms with Crippen molar-refractivity contribution in [2.24, 2.45) is 17.6 Å². The Bertz CT molecular complexity index is 326. The van der Waals surface area contributed by atoms with Crippen LogP contribution in [0, 0.1) is 11.8 Å². The zero-order valence-corrected chi connectivity index (χ0v) is 13.7. The van der Waals surface area contributed by atoms with E-state index in [9.17, 15) is 4.79 Å². The van der Waals surface area contributed by atoms with Gasteiger partial charge in [0.2, 0.25) is 0 Å². The molecule has 4 unspecified atom stereocenters. The van der Waals surface area contributed by atoms with Gasteiger partial charge in [-0.15, -0.1) is 0 Å². The quantitative estimate of drug-likeness (QED) is 0.819. The van der Waals surface area contributed by atoms with Crippen molar-refractivity contribution in [1.29, 1.82) is 0 Å². The fourth-order valence-electron chi connectivity index (χ4n) is 3.42. The van der Waals surface area contributed by atoms with Gasteiger partial charge in [0.15, 0.2) is 0 Å². The first kappa shape index (κ1) is 16.3. The Morgan fingerprint density at radius 2 is 2.25 bits per heavy atom. The number of carbonyl (C=O) groups is 1. The Labute approximate surface area is 127 Å². The molecule has 116 valence electrons. The van der Waals surface area contributed by atoms with Crippen LogP contribution >= 0.6 is 11.8 Å². The van der Waals surface area contributed by atoms with E-state index in [1.165, 1.54) is 5.75 Å². The summed E-state index contributed by atoms with van der Waals surface area (Å²) in [5, 5.41) is 0.